The van der Waals surface area contributed by atoms with Gasteiger partial charge in [-0.25, -0.2) is 0 Å². The number of rotatable bonds is 7. The second-order valence-corrected chi connectivity index (χ2v) is 8.06. The molecule has 0 aromatic heterocycles. The predicted octanol–water partition coefficient (Wildman–Crippen LogP) is 2.89. The lowest BCUT2D eigenvalue weighted by atomic mass is 9.89. The molecule has 0 bridgehead atoms. The summed E-state index contributed by atoms with van der Waals surface area (Å²) < 4.78 is 11.1. The Morgan fingerprint density at radius 3 is 2.67 bits per heavy atom. The lowest BCUT2D eigenvalue weighted by Crippen LogP contribution is -2.45. The molecule has 0 amide bonds. The molecule has 152 valence electrons. The van der Waals surface area contributed by atoms with Gasteiger partial charge in [-0.15, -0.1) is 0 Å². The van der Waals surface area contributed by atoms with Gasteiger partial charge in [-0.3, -0.25) is 4.99 Å². The molecule has 0 aliphatic carbocycles. The third-order valence-corrected chi connectivity index (χ3v) is 4.96. The molecule has 1 aromatic carbocycles. The van der Waals surface area contributed by atoms with E-state index in [9.17, 15) is 0 Å². The van der Waals surface area contributed by atoms with Crippen molar-refractivity contribution in [1.82, 2.24) is 10.6 Å². The summed E-state index contributed by atoms with van der Waals surface area (Å²) in [6, 6.07) is 8.54. The summed E-state index contributed by atoms with van der Waals surface area (Å²) in [5.74, 6) is 1.78. The number of benzene rings is 1. The number of hydrogen-bond donors (Lipinski definition) is 2. The van der Waals surface area contributed by atoms with Crippen molar-refractivity contribution >= 4 is 11.6 Å². The van der Waals surface area contributed by atoms with Crippen LogP contribution in [-0.2, 0) is 4.74 Å². The second-order valence-electron chi connectivity index (χ2n) is 8.06. The Bertz CT molecular complexity index is 612. The van der Waals surface area contributed by atoms with E-state index in [0.29, 0.717) is 12.6 Å². The van der Waals surface area contributed by atoms with Crippen molar-refractivity contribution < 1.29 is 9.47 Å². The minimum atomic E-state index is 0.0591. The van der Waals surface area contributed by atoms with E-state index in [-0.39, 0.29) is 11.5 Å². The zero-order valence-corrected chi connectivity index (χ0v) is 17.7. The fourth-order valence-electron chi connectivity index (χ4n) is 3.38. The van der Waals surface area contributed by atoms with Gasteiger partial charge in [0.2, 0.25) is 0 Å². The van der Waals surface area contributed by atoms with Crippen LogP contribution in [0.3, 0.4) is 0 Å². The minimum Gasteiger partial charge on any atom is -0.495 e. The first-order valence-corrected chi connectivity index (χ1v) is 9.84. The van der Waals surface area contributed by atoms with Crippen LogP contribution in [0.5, 0.6) is 5.75 Å². The number of hydrogen-bond acceptors (Lipinski definition) is 4. The molecule has 1 saturated heterocycles. The summed E-state index contributed by atoms with van der Waals surface area (Å²) in [6.07, 6.45) is 1.15. The van der Waals surface area contributed by atoms with E-state index >= 15 is 0 Å². The maximum Gasteiger partial charge on any atom is 0.191 e. The number of guanidine groups is 1. The van der Waals surface area contributed by atoms with Gasteiger partial charge in [0.25, 0.3) is 0 Å². The van der Waals surface area contributed by atoms with Crippen LogP contribution in [0.25, 0.3) is 0 Å². The van der Waals surface area contributed by atoms with E-state index < -0.39 is 0 Å². The predicted molar refractivity (Wildman–Crippen MR) is 113 cm³/mol. The highest BCUT2D eigenvalue weighted by Crippen LogP contribution is 2.30. The van der Waals surface area contributed by atoms with E-state index in [1.54, 1.807) is 14.2 Å². The lowest BCUT2D eigenvalue weighted by Gasteiger charge is -2.28. The number of aliphatic imine (C=N–C) groups is 1. The fraction of sp³-hybridized carbons (Fsp3) is 0.667. The first kappa shape index (κ1) is 21.4. The summed E-state index contributed by atoms with van der Waals surface area (Å²) >= 11 is 0. The van der Waals surface area contributed by atoms with E-state index in [0.717, 1.165) is 43.5 Å². The van der Waals surface area contributed by atoms with Crippen LogP contribution in [0.4, 0.5) is 5.69 Å². The average molecular weight is 377 g/mol. The molecule has 1 aliphatic heterocycles. The molecule has 6 heteroatoms. The van der Waals surface area contributed by atoms with Crippen molar-refractivity contribution in [3.63, 3.8) is 0 Å². The molecule has 2 unspecified atom stereocenters. The van der Waals surface area contributed by atoms with Crippen LogP contribution in [-0.4, -0.2) is 58.5 Å². The van der Waals surface area contributed by atoms with Crippen molar-refractivity contribution in [2.75, 3.05) is 45.3 Å². The number of anilines is 1. The Morgan fingerprint density at radius 2 is 2.04 bits per heavy atom. The largest absolute Gasteiger partial charge is 0.495 e. The smallest absolute Gasteiger partial charge is 0.191 e. The van der Waals surface area contributed by atoms with Crippen LogP contribution >= 0.6 is 0 Å². The van der Waals surface area contributed by atoms with Gasteiger partial charge < -0.3 is 25.0 Å². The molecule has 2 rings (SSSR count). The number of nitrogens with zero attached hydrogens (tertiary/aromatic N) is 2. The fourth-order valence-corrected chi connectivity index (χ4v) is 3.38. The molecule has 0 spiro atoms. The topological polar surface area (TPSA) is 58.1 Å². The van der Waals surface area contributed by atoms with Gasteiger partial charge in [-0.1, -0.05) is 32.9 Å². The Kier molecular flexibility index (Phi) is 7.78. The molecular formula is C21H36N4O2. The highest BCUT2D eigenvalue weighted by molar-refractivity contribution is 5.80. The van der Waals surface area contributed by atoms with Crippen LogP contribution < -0.4 is 20.3 Å². The van der Waals surface area contributed by atoms with Crippen molar-refractivity contribution in [1.29, 1.82) is 0 Å². The van der Waals surface area contributed by atoms with Gasteiger partial charge in [0, 0.05) is 32.8 Å². The first-order chi connectivity index (χ1) is 12.9. The van der Waals surface area contributed by atoms with Crippen LogP contribution in [0, 0.1) is 5.41 Å². The molecule has 27 heavy (non-hydrogen) atoms. The van der Waals surface area contributed by atoms with Gasteiger partial charge in [-0.2, -0.15) is 0 Å². The number of nitrogens with one attached hydrogen (secondary N) is 2. The molecule has 2 atom stereocenters. The molecule has 1 heterocycles. The van der Waals surface area contributed by atoms with E-state index in [1.165, 1.54) is 0 Å². The van der Waals surface area contributed by atoms with Gasteiger partial charge in [-0.05, 0) is 30.9 Å². The molecule has 1 aliphatic rings. The Hall–Kier alpha value is -1.95. The van der Waals surface area contributed by atoms with Crippen molar-refractivity contribution in [3.05, 3.63) is 24.3 Å². The highest BCUT2D eigenvalue weighted by atomic mass is 16.5. The van der Waals surface area contributed by atoms with Crippen LogP contribution in [0.2, 0.25) is 0 Å². The molecule has 0 radical (unpaired) electrons. The molecule has 1 fully saturated rings. The number of para-hydroxylation sites is 2. The van der Waals surface area contributed by atoms with E-state index in [2.05, 4.69) is 55.4 Å². The normalized spacial score (nSPS) is 19.1. The zero-order valence-electron chi connectivity index (χ0n) is 17.7. The van der Waals surface area contributed by atoms with E-state index in [4.69, 9.17) is 14.5 Å². The summed E-state index contributed by atoms with van der Waals surface area (Å²) in [6.45, 7) is 12.0. The first-order valence-electron chi connectivity index (χ1n) is 9.84. The molecule has 1 aromatic rings. The molecule has 0 saturated carbocycles. The van der Waals surface area contributed by atoms with Crippen LogP contribution in [0.15, 0.2) is 29.3 Å². The summed E-state index contributed by atoms with van der Waals surface area (Å²) in [7, 11) is 3.48. The van der Waals surface area contributed by atoms with Crippen molar-refractivity contribution in [3.8, 4) is 5.75 Å². The monoisotopic (exact) mass is 376 g/mol. The Morgan fingerprint density at radius 1 is 1.30 bits per heavy atom. The average Bonchev–Trinajstić information content (AvgIpc) is 3.09. The minimum absolute atomic E-state index is 0.0591. The zero-order chi connectivity index (χ0) is 19.9. The van der Waals surface area contributed by atoms with Crippen molar-refractivity contribution in [2.24, 2.45) is 10.4 Å². The number of methoxy groups -OCH3 is 2. The van der Waals surface area contributed by atoms with Crippen molar-refractivity contribution in [2.45, 2.75) is 46.3 Å². The maximum atomic E-state index is 5.63. The second kappa shape index (κ2) is 9.83. The highest BCUT2D eigenvalue weighted by Gasteiger charge is 2.26. The SMILES string of the molecule is CCNC(=NCC(OC)C(C)(C)C)NC1CCN(c2ccccc2OC)C1. The summed E-state index contributed by atoms with van der Waals surface area (Å²) in [4.78, 5) is 7.14. The third kappa shape index (κ3) is 6.03. The van der Waals surface area contributed by atoms with Gasteiger partial charge >= 0.3 is 0 Å². The lowest BCUT2D eigenvalue weighted by molar-refractivity contribution is 0.0241. The summed E-state index contributed by atoms with van der Waals surface area (Å²) in [5.41, 5.74) is 1.21. The summed E-state index contributed by atoms with van der Waals surface area (Å²) in [5, 5.41) is 6.94. The van der Waals surface area contributed by atoms with Crippen LogP contribution in [0.1, 0.15) is 34.1 Å². The molecular weight excluding hydrogens is 340 g/mol. The number of ether oxygens (including phenoxy) is 2. The third-order valence-electron chi connectivity index (χ3n) is 4.96. The Balaban J connectivity index is 2.00. The maximum absolute atomic E-state index is 5.63. The molecule has 2 N–H and O–H groups in total. The standard InChI is InChI=1S/C21H36N4O2/c1-7-22-20(23-14-19(27-6)21(2,3)4)24-16-12-13-25(15-16)17-10-8-9-11-18(17)26-5/h8-11,16,19H,7,12-15H2,1-6H3,(H2,22,23,24). The molecule has 6 nitrogen and oxygen atoms in total. The van der Waals surface area contributed by atoms with E-state index in [1.807, 2.05) is 12.1 Å². The quantitative estimate of drug-likeness (QED) is 0.566. The van der Waals surface area contributed by atoms with Gasteiger partial charge in [0.05, 0.1) is 25.4 Å². The Labute approximate surface area is 164 Å². The van der Waals surface area contributed by atoms with Gasteiger partial charge in [0.1, 0.15) is 5.75 Å². The van der Waals surface area contributed by atoms with Gasteiger partial charge in [0.15, 0.2) is 5.96 Å².